The minimum absolute atomic E-state index is 0.150. The maximum atomic E-state index is 10.9. The molecule has 0 unspecified atom stereocenters. The molecule has 72 valence electrons. The topological polar surface area (TPSA) is 35.5 Å². The summed E-state index contributed by atoms with van der Waals surface area (Å²) in [6.07, 6.45) is 1.12. The van der Waals surface area contributed by atoms with Crippen molar-refractivity contribution in [3.63, 3.8) is 0 Å². The van der Waals surface area contributed by atoms with Crippen molar-refractivity contribution in [3.05, 3.63) is 0 Å². The van der Waals surface area contributed by atoms with E-state index in [4.69, 9.17) is 9.47 Å². The molecule has 0 aromatic heterocycles. The zero-order chi connectivity index (χ0) is 9.61. The first kappa shape index (κ1) is 11.4. The largest absolute Gasteiger partial charge is 0.466 e. The van der Waals surface area contributed by atoms with E-state index in [0.717, 1.165) is 0 Å². The van der Waals surface area contributed by atoms with E-state index >= 15 is 0 Å². The van der Waals surface area contributed by atoms with Crippen molar-refractivity contribution in [1.82, 2.24) is 0 Å². The lowest BCUT2D eigenvalue weighted by molar-refractivity contribution is -0.144. The van der Waals surface area contributed by atoms with Gasteiger partial charge < -0.3 is 9.47 Å². The van der Waals surface area contributed by atoms with Crippen LogP contribution in [0.3, 0.4) is 0 Å². The highest BCUT2D eigenvalue weighted by atomic mass is 16.5. The van der Waals surface area contributed by atoms with Gasteiger partial charge in [0.2, 0.25) is 0 Å². The molecule has 3 nitrogen and oxygen atoms in total. The van der Waals surface area contributed by atoms with Gasteiger partial charge >= 0.3 is 5.97 Å². The predicted molar refractivity (Wildman–Crippen MR) is 47.0 cm³/mol. The van der Waals surface area contributed by atoms with Crippen molar-refractivity contribution >= 4 is 5.97 Å². The lowest BCUT2D eigenvalue weighted by atomic mass is 10.0. The molecule has 0 rings (SSSR count). The van der Waals surface area contributed by atoms with Crippen molar-refractivity contribution in [2.75, 3.05) is 13.7 Å². The Hall–Kier alpha value is -0.570. The highest BCUT2D eigenvalue weighted by Gasteiger charge is 2.18. The fourth-order valence-corrected chi connectivity index (χ4v) is 0.738. The smallest absolute Gasteiger partial charge is 0.305 e. The van der Waals surface area contributed by atoms with E-state index in [1.54, 1.807) is 14.0 Å². The molecule has 12 heavy (non-hydrogen) atoms. The van der Waals surface area contributed by atoms with Crippen LogP contribution in [0.25, 0.3) is 0 Å². The van der Waals surface area contributed by atoms with Gasteiger partial charge in [-0.25, -0.2) is 0 Å². The van der Waals surface area contributed by atoms with E-state index in [1.807, 2.05) is 13.8 Å². The maximum absolute atomic E-state index is 10.9. The van der Waals surface area contributed by atoms with Crippen molar-refractivity contribution < 1.29 is 14.3 Å². The Kier molecular flexibility index (Phi) is 4.90. The van der Waals surface area contributed by atoms with E-state index in [0.29, 0.717) is 19.4 Å². The molecule has 0 spiro atoms. The lowest BCUT2D eigenvalue weighted by Crippen LogP contribution is -2.23. The van der Waals surface area contributed by atoms with Crippen molar-refractivity contribution in [2.45, 2.75) is 39.2 Å². The Morgan fingerprint density at radius 1 is 1.42 bits per heavy atom. The van der Waals surface area contributed by atoms with Gasteiger partial charge in [0.05, 0.1) is 12.2 Å². The van der Waals surface area contributed by atoms with Crippen LogP contribution in [0.5, 0.6) is 0 Å². The summed E-state index contributed by atoms with van der Waals surface area (Å²) in [5, 5.41) is 0. The first-order valence-corrected chi connectivity index (χ1v) is 4.22. The molecule has 0 atom stereocenters. The van der Waals surface area contributed by atoms with Crippen molar-refractivity contribution in [1.29, 1.82) is 0 Å². The second-order valence-corrected chi connectivity index (χ2v) is 3.27. The number of carbonyl (C=O) groups excluding carboxylic acids is 1. The normalized spacial score (nSPS) is 11.3. The number of esters is 1. The Bertz CT molecular complexity index is 141. The minimum Gasteiger partial charge on any atom is -0.466 e. The molecule has 0 fully saturated rings. The first-order chi connectivity index (χ1) is 5.52. The summed E-state index contributed by atoms with van der Waals surface area (Å²) in [7, 11) is 1.64. The Balaban J connectivity index is 3.60. The molecular weight excluding hydrogens is 156 g/mol. The molecule has 0 aromatic carbocycles. The molecule has 0 amide bonds. The van der Waals surface area contributed by atoms with Gasteiger partial charge in [-0.15, -0.1) is 0 Å². The Morgan fingerprint density at radius 3 is 2.42 bits per heavy atom. The van der Waals surface area contributed by atoms with Crippen molar-refractivity contribution in [3.8, 4) is 0 Å². The second-order valence-electron chi connectivity index (χ2n) is 3.27. The minimum atomic E-state index is -0.229. The molecule has 0 aliphatic rings. The second kappa shape index (κ2) is 5.14. The Morgan fingerprint density at radius 2 is 2.00 bits per heavy atom. The zero-order valence-electron chi connectivity index (χ0n) is 8.35. The molecule has 3 heteroatoms. The summed E-state index contributed by atoms with van der Waals surface area (Å²) in [5.41, 5.74) is -0.229. The van der Waals surface area contributed by atoms with Crippen LogP contribution >= 0.6 is 0 Å². The van der Waals surface area contributed by atoms with Gasteiger partial charge in [0.15, 0.2) is 0 Å². The van der Waals surface area contributed by atoms with Crippen LogP contribution in [0, 0.1) is 0 Å². The highest BCUT2D eigenvalue weighted by molar-refractivity contribution is 5.69. The maximum Gasteiger partial charge on any atom is 0.305 e. The molecular formula is C9H18O3. The third-order valence-corrected chi connectivity index (χ3v) is 1.79. The number of hydrogen-bond acceptors (Lipinski definition) is 3. The quantitative estimate of drug-likeness (QED) is 0.596. The molecule has 0 aromatic rings. The van der Waals surface area contributed by atoms with Gasteiger partial charge in [-0.2, -0.15) is 0 Å². The first-order valence-electron chi connectivity index (χ1n) is 4.22. The molecule has 0 N–H and O–H groups in total. The molecule has 0 bridgehead atoms. The summed E-state index contributed by atoms with van der Waals surface area (Å²) >= 11 is 0. The van der Waals surface area contributed by atoms with E-state index in [9.17, 15) is 4.79 Å². The summed E-state index contributed by atoms with van der Waals surface area (Å²) in [5.74, 6) is -0.150. The molecule has 0 aliphatic heterocycles. The van der Waals surface area contributed by atoms with Crippen LogP contribution in [0.2, 0.25) is 0 Å². The third kappa shape index (κ3) is 5.13. The lowest BCUT2D eigenvalue weighted by Gasteiger charge is -2.21. The average molecular weight is 174 g/mol. The van der Waals surface area contributed by atoms with Crippen LogP contribution in [-0.4, -0.2) is 25.3 Å². The fourth-order valence-electron chi connectivity index (χ4n) is 0.738. The fraction of sp³-hybridized carbons (Fsp3) is 0.889. The summed E-state index contributed by atoms with van der Waals surface area (Å²) < 4.78 is 9.95. The molecule has 0 heterocycles. The van der Waals surface area contributed by atoms with E-state index in [1.165, 1.54) is 0 Å². The van der Waals surface area contributed by atoms with Crippen LogP contribution in [-0.2, 0) is 14.3 Å². The van der Waals surface area contributed by atoms with Gasteiger partial charge in [0.25, 0.3) is 0 Å². The number of hydrogen-bond donors (Lipinski definition) is 0. The zero-order valence-corrected chi connectivity index (χ0v) is 8.35. The highest BCUT2D eigenvalue weighted by Crippen LogP contribution is 2.15. The number of methoxy groups -OCH3 is 1. The molecule has 0 aliphatic carbocycles. The summed E-state index contributed by atoms with van der Waals surface area (Å²) in [4.78, 5) is 10.9. The van der Waals surface area contributed by atoms with Gasteiger partial charge in [0, 0.05) is 13.5 Å². The van der Waals surface area contributed by atoms with Crippen molar-refractivity contribution in [2.24, 2.45) is 0 Å². The van der Waals surface area contributed by atoms with Crippen LogP contribution in [0.4, 0.5) is 0 Å². The summed E-state index contributed by atoms with van der Waals surface area (Å²) in [6.45, 7) is 6.16. The number of carbonyl (C=O) groups is 1. The van der Waals surface area contributed by atoms with Gasteiger partial charge in [0.1, 0.15) is 0 Å². The van der Waals surface area contributed by atoms with Crippen LogP contribution in [0.1, 0.15) is 33.6 Å². The Labute approximate surface area is 74.0 Å². The van der Waals surface area contributed by atoms with Gasteiger partial charge in [-0.1, -0.05) is 0 Å². The van der Waals surface area contributed by atoms with Crippen LogP contribution < -0.4 is 0 Å². The molecule has 0 saturated carbocycles. The molecule has 0 saturated heterocycles. The predicted octanol–water partition coefficient (Wildman–Crippen LogP) is 1.75. The molecule has 0 radical (unpaired) electrons. The third-order valence-electron chi connectivity index (χ3n) is 1.79. The standard InChI is InChI=1S/C9H18O3/c1-5-12-8(10)6-7-9(2,3)11-4/h5-7H2,1-4H3. The van der Waals surface area contributed by atoms with Crippen LogP contribution in [0.15, 0.2) is 0 Å². The number of ether oxygens (including phenoxy) is 2. The average Bonchev–Trinajstić information content (AvgIpc) is 2.02. The van der Waals surface area contributed by atoms with E-state index in [2.05, 4.69) is 0 Å². The van der Waals surface area contributed by atoms with E-state index < -0.39 is 0 Å². The summed E-state index contributed by atoms with van der Waals surface area (Å²) in [6, 6.07) is 0. The SMILES string of the molecule is CCOC(=O)CCC(C)(C)OC. The van der Waals surface area contributed by atoms with Gasteiger partial charge in [-0.3, -0.25) is 4.79 Å². The monoisotopic (exact) mass is 174 g/mol. The van der Waals surface area contributed by atoms with E-state index in [-0.39, 0.29) is 11.6 Å². The van der Waals surface area contributed by atoms with Gasteiger partial charge in [-0.05, 0) is 27.2 Å². The number of rotatable bonds is 5.